The molecule has 1 aliphatic heterocycles. The zero-order chi connectivity index (χ0) is 16.2. The summed E-state index contributed by atoms with van der Waals surface area (Å²) in [7, 11) is 1.57. The quantitative estimate of drug-likeness (QED) is 0.857. The molecule has 1 aromatic carbocycles. The van der Waals surface area contributed by atoms with Crippen LogP contribution in [0.2, 0.25) is 0 Å². The maximum atomic E-state index is 12.5. The van der Waals surface area contributed by atoms with Gasteiger partial charge < -0.3 is 20.1 Å². The fraction of sp³-hybridized carbons (Fsp3) is 0.375. The minimum atomic E-state index is -0.0198. The molecule has 1 aliphatic rings. The van der Waals surface area contributed by atoms with Crippen LogP contribution in [0.3, 0.4) is 0 Å². The second-order valence-corrected chi connectivity index (χ2v) is 5.35. The van der Waals surface area contributed by atoms with E-state index in [1.54, 1.807) is 36.4 Å². The predicted octanol–water partition coefficient (Wildman–Crippen LogP) is 0.926. The second-order valence-electron chi connectivity index (χ2n) is 5.35. The van der Waals surface area contributed by atoms with Gasteiger partial charge in [-0.2, -0.15) is 5.10 Å². The van der Waals surface area contributed by atoms with E-state index in [-0.39, 0.29) is 11.9 Å². The summed E-state index contributed by atoms with van der Waals surface area (Å²) in [5.74, 6) is 1.11. The van der Waals surface area contributed by atoms with E-state index in [1.165, 1.54) is 0 Å². The number of aromatic nitrogens is 2. The largest absolute Gasteiger partial charge is 0.493 e. The van der Waals surface area contributed by atoms with Crippen molar-refractivity contribution in [1.82, 2.24) is 14.7 Å². The summed E-state index contributed by atoms with van der Waals surface area (Å²) in [6.45, 7) is 2.09. The van der Waals surface area contributed by atoms with Gasteiger partial charge in [0.15, 0.2) is 11.5 Å². The van der Waals surface area contributed by atoms with Crippen molar-refractivity contribution in [2.24, 2.45) is 5.73 Å². The van der Waals surface area contributed by atoms with Crippen LogP contribution in [0.25, 0.3) is 0 Å². The first-order valence-electron chi connectivity index (χ1n) is 7.52. The van der Waals surface area contributed by atoms with E-state index in [4.69, 9.17) is 15.2 Å². The molecule has 2 aromatic rings. The Morgan fingerprint density at radius 1 is 1.39 bits per heavy atom. The van der Waals surface area contributed by atoms with Gasteiger partial charge >= 0.3 is 0 Å². The number of hydrogen-bond acceptors (Lipinski definition) is 5. The molecule has 0 unspecified atom stereocenters. The van der Waals surface area contributed by atoms with E-state index in [0.29, 0.717) is 43.3 Å². The summed E-state index contributed by atoms with van der Waals surface area (Å²) >= 11 is 0. The molecule has 122 valence electrons. The molecule has 2 heterocycles. The van der Waals surface area contributed by atoms with Crippen molar-refractivity contribution in [3.05, 3.63) is 42.2 Å². The lowest BCUT2D eigenvalue weighted by molar-refractivity contribution is 0.0501. The molecule has 1 saturated heterocycles. The van der Waals surface area contributed by atoms with Crippen molar-refractivity contribution >= 4 is 5.91 Å². The van der Waals surface area contributed by atoms with E-state index in [1.807, 2.05) is 16.9 Å². The smallest absolute Gasteiger partial charge is 0.254 e. The van der Waals surface area contributed by atoms with Gasteiger partial charge in [0, 0.05) is 37.6 Å². The van der Waals surface area contributed by atoms with Crippen molar-refractivity contribution in [3.63, 3.8) is 0 Å². The average Bonchev–Trinajstić information content (AvgIpc) is 3.05. The van der Waals surface area contributed by atoms with Crippen LogP contribution in [-0.4, -0.2) is 53.9 Å². The topological polar surface area (TPSA) is 82.6 Å². The Labute approximate surface area is 134 Å². The third kappa shape index (κ3) is 3.14. The number of likely N-dealkylation sites (tertiary alicyclic amines) is 1. The predicted molar refractivity (Wildman–Crippen MR) is 84.7 cm³/mol. The van der Waals surface area contributed by atoms with Crippen LogP contribution < -0.4 is 15.2 Å². The highest BCUT2D eigenvalue weighted by Crippen LogP contribution is 2.30. The molecular formula is C16H20N4O3. The Kier molecular flexibility index (Phi) is 4.47. The molecule has 2 N–H and O–H groups in total. The minimum absolute atomic E-state index is 0.0198. The molecule has 7 nitrogen and oxygen atoms in total. The van der Waals surface area contributed by atoms with Crippen LogP contribution >= 0.6 is 0 Å². The molecule has 0 aliphatic carbocycles. The number of hydrogen-bond donors (Lipinski definition) is 1. The van der Waals surface area contributed by atoms with Crippen molar-refractivity contribution in [2.75, 3.05) is 33.4 Å². The van der Waals surface area contributed by atoms with Gasteiger partial charge in [-0.3, -0.25) is 9.48 Å². The van der Waals surface area contributed by atoms with Gasteiger partial charge in [-0.15, -0.1) is 0 Å². The van der Waals surface area contributed by atoms with E-state index < -0.39 is 0 Å². The van der Waals surface area contributed by atoms with Crippen molar-refractivity contribution < 1.29 is 14.3 Å². The standard InChI is InChI=1S/C16H20N4O3/c1-22-14-4-3-12(9-15(14)23-8-5-17)16(21)19-10-13(11-19)20-7-2-6-18-20/h2-4,6-7,9,13H,5,8,10-11,17H2,1H3. The number of nitrogens with two attached hydrogens (primary N) is 1. The number of nitrogens with zero attached hydrogens (tertiary/aromatic N) is 3. The van der Waals surface area contributed by atoms with Crippen molar-refractivity contribution in [2.45, 2.75) is 6.04 Å². The Bertz CT molecular complexity index is 666. The summed E-state index contributed by atoms with van der Waals surface area (Å²) in [5.41, 5.74) is 6.04. The molecule has 1 amide bonds. The fourth-order valence-electron chi connectivity index (χ4n) is 2.56. The summed E-state index contributed by atoms with van der Waals surface area (Å²) < 4.78 is 12.7. The third-order valence-electron chi connectivity index (χ3n) is 3.83. The Morgan fingerprint density at radius 2 is 2.22 bits per heavy atom. The van der Waals surface area contributed by atoms with Gasteiger partial charge in [0.25, 0.3) is 5.91 Å². The number of benzene rings is 1. The molecule has 3 rings (SSSR count). The number of methoxy groups -OCH3 is 1. The maximum absolute atomic E-state index is 12.5. The second kappa shape index (κ2) is 6.70. The first-order valence-corrected chi connectivity index (χ1v) is 7.52. The van der Waals surface area contributed by atoms with Crippen LogP contribution in [0.15, 0.2) is 36.7 Å². The first kappa shape index (κ1) is 15.4. The van der Waals surface area contributed by atoms with E-state index >= 15 is 0 Å². The Hall–Kier alpha value is -2.54. The molecule has 0 spiro atoms. The van der Waals surface area contributed by atoms with Gasteiger partial charge in [0.2, 0.25) is 0 Å². The SMILES string of the molecule is COc1ccc(C(=O)N2CC(n3cccn3)C2)cc1OCCN. The van der Waals surface area contributed by atoms with Gasteiger partial charge in [-0.1, -0.05) is 0 Å². The van der Waals surface area contributed by atoms with Crippen LogP contribution in [0.1, 0.15) is 16.4 Å². The number of ether oxygens (including phenoxy) is 2. The fourth-order valence-corrected chi connectivity index (χ4v) is 2.56. The lowest BCUT2D eigenvalue weighted by atomic mass is 10.1. The highest BCUT2D eigenvalue weighted by atomic mass is 16.5. The monoisotopic (exact) mass is 316 g/mol. The normalized spacial score (nSPS) is 14.4. The summed E-state index contributed by atoms with van der Waals surface area (Å²) in [6.07, 6.45) is 3.66. The Morgan fingerprint density at radius 3 is 2.87 bits per heavy atom. The lowest BCUT2D eigenvalue weighted by Gasteiger charge is -2.39. The molecule has 0 radical (unpaired) electrons. The summed E-state index contributed by atoms with van der Waals surface area (Å²) in [6, 6.07) is 7.33. The van der Waals surface area contributed by atoms with Crippen molar-refractivity contribution in [1.29, 1.82) is 0 Å². The van der Waals surface area contributed by atoms with Crippen LogP contribution in [-0.2, 0) is 0 Å². The molecule has 1 fully saturated rings. The first-order chi connectivity index (χ1) is 11.2. The number of rotatable bonds is 6. The number of carbonyl (C=O) groups is 1. The number of amides is 1. The molecule has 23 heavy (non-hydrogen) atoms. The third-order valence-corrected chi connectivity index (χ3v) is 3.83. The average molecular weight is 316 g/mol. The zero-order valence-corrected chi connectivity index (χ0v) is 13.0. The minimum Gasteiger partial charge on any atom is -0.493 e. The summed E-state index contributed by atoms with van der Waals surface area (Å²) in [4.78, 5) is 14.3. The van der Waals surface area contributed by atoms with Gasteiger partial charge in [0.1, 0.15) is 6.61 Å². The van der Waals surface area contributed by atoms with E-state index in [2.05, 4.69) is 5.10 Å². The summed E-state index contributed by atoms with van der Waals surface area (Å²) in [5, 5.41) is 4.21. The highest BCUT2D eigenvalue weighted by molar-refractivity contribution is 5.95. The van der Waals surface area contributed by atoms with Crippen LogP contribution in [0.4, 0.5) is 0 Å². The molecule has 1 aromatic heterocycles. The van der Waals surface area contributed by atoms with Crippen LogP contribution in [0, 0.1) is 0 Å². The number of carbonyl (C=O) groups excluding carboxylic acids is 1. The van der Waals surface area contributed by atoms with Gasteiger partial charge in [0.05, 0.1) is 13.2 Å². The highest BCUT2D eigenvalue weighted by Gasteiger charge is 2.32. The van der Waals surface area contributed by atoms with Crippen LogP contribution in [0.5, 0.6) is 11.5 Å². The molecule has 7 heteroatoms. The molecule has 0 bridgehead atoms. The zero-order valence-electron chi connectivity index (χ0n) is 13.0. The lowest BCUT2D eigenvalue weighted by Crippen LogP contribution is -2.50. The van der Waals surface area contributed by atoms with Gasteiger partial charge in [-0.25, -0.2) is 0 Å². The molecule has 0 saturated carbocycles. The maximum Gasteiger partial charge on any atom is 0.254 e. The van der Waals surface area contributed by atoms with E-state index in [9.17, 15) is 4.79 Å². The van der Waals surface area contributed by atoms with E-state index in [0.717, 1.165) is 0 Å². The molecular weight excluding hydrogens is 296 g/mol. The van der Waals surface area contributed by atoms with Gasteiger partial charge in [-0.05, 0) is 24.3 Å². The van der Waals surface area contributed by atoms with Crippen molar-refractivity contribution in [3.8, 4) is 11.5 Å². The molecule has 0 atom stereocenters. The Balaban J connectivity index is 1.68.